The number of hydrogen-bond acceptors (Lipinski definition) is 5. The third-order valence-electron chi connectivity index (χ3n) is 12.3. The lowest BCUT2D eigenvalue weighted by Crippen LogP contribution is -2.28. The van der Waals surface area contributed by atoms with Crippen LogP contribution >= 0.6 is 0 Å². The van der Waals surface area contributed by atoms with Gasteiger partial charge in [0, 0.05) is 16.7 Å². The molecule has 9 aromatic carbocycles. The minimum Gasteiger partial charge on any atom is -0.450 e. The van der Waals surface area contributed by atoms with Crippen LogP contribution in [-0.4, -0.2) is 15.0 Å². The van der Waals surface area contributed by atoms with Crippen molar-refractivity contribution in [1.29, 1.82) is 0 Å². The summed E-state index contributed by atoms with van der Waals surface area (Å²) in [6.07, 6.45) is 0. The van der Waals surface area contributed by atoms with E-state index in [1.807, 2.05) is 42.5 Å². The van der Waals surface area contributed by atoms with Crippen LogP contribution in [-0.2, 0) is 5.41 Å². The van der Waals surface area contributed by atoms with E-state index in [1.165, 1.54) is 22.3 Å². The third-order valence-corrected chi connectivity index (χ3v) is 12.3. The number of ether oxygens (including phenoxy) is 2. The number of hydrogen-bond donors (Lipinski definition) is 0. The van der Waals surface area contributed by atoms with E-state index in [0.717, 1.165) is 50.1 Å². The molecule has 12 rings (SSSR count). The average molecular weight is 808 g/mol. The van der Waals surface area contributed by atoms with Gasteiger partial charge in [0.05, 0.1) is 5.41 Å². The highest BCUT2D eigenvalue weighted by Gasteiger charge is 2.46. The van der Waals surface area contributed by atoms with E-state index in [4.69, 9.17) is 24.4 Å². The van der Waals surface area contributed by atoms with Gasteiger partial charge in [0.25, 0.3) is 0 Å². The highest BCUT2D eigenvalue weighted by molar-refractivity contribution is 5.87. The van der Waals surface area contributed by atoms with Gasteiger partial charge in [-0.25, -0.2) is 15.0 Å². The summed E-state index contributed by atoms with van der Waals surface area (Å²) < 4.78 is 12.8. The first-order valence-corrected chi connectivity index (χ1v) is 21.2. The molecule has 0 radical (unpaired) electrons. The van der Waals surface area contributed by atoms with E-state index >= 15 is 0 Å². The molecule has 0 amide bonds. The molecule has 1 aliphatic heterocycles. The second kappa shape index (κ2) is 14.9. The van der Waals surface area contributed by atoms with Crippen molar-refractivity contribution < 1.29 is 9.47 Å². The van der Waals surface area contributed by atoms with Gasteiger partial charge in [0.1, 0.15) is 0 Å². The second-order valence-corrected chi connectivity index (χ2v) is 15.9. The highest BCUT2D eigenvalue weighted by Crippen LogP contribution is 2.58. The van der Waals surface area contributed by atoms with Crippen LogP contribution in [0.15, 0.2) is 224 Å². The van der Waals surface area contributed by atoms with E-state index in [9.17, 15) is 0 Å². The van der Waals surface area contributed by atoms with Crippen molar-refractivity contribution >= 4 is 0 Å². The summed E-state index contributed by atoms with van der Waals surface area (Å²) in [6, 6.07) is 78.1. The number of rotatable bonds is 7. The lowest BCUT2D eigenvalue weighted by Gasteiger charge is -2.34. The van der Waals surface area contributed by atoms with Gasteiger partial charge in [-0.05, 0) is 79.9 Å². The molecule has 5 heteroatoms. The largest absolute Gasteiger partial charge is 0.450 e. The fourth-order valence-electron chi connectivity index (χ4n) is 9.30. The summed E-state index contributed by atoms with van der Waals surface area (Å²) in [6.45, 7) is 0. The van der Waals surface area contributed by atoms with Crippen LogP contribution in [0.5, 0.6) is 23.0 Å². The van der Waals surface area contributed by atoms with Crippen molar-refractivity contribution in [2.45, 2.75) is 5.41 Å². The molecule has 0 N–H and O–H groups in total. The molecular formula is C58H37N3O2. The first-order chi connectivity index (χ1) is 31.2. The molecule has 2 heterocycles. The molecule has 0 saturated heterocycles. The fourth-order valence-corrected chi connectivity index (χ4v) is 9.30. The van der Waals surface area contributed by atoms with E-state index in [-0.39, 0.29) is 0 Å². The normalized spacial score (nSPS) is 12.8. The van der Waals surface area contributed by atoms with Crippen molar-refractivity contribution in [1.82, 2.24) is 15.0 Å². The molecule has 0 bridgehead atoms. The van der Waals surface area contributed by atoms with Gasteiger partial charge in [-0.2, -0.15) is 0 Å². The Morgan fingerprint density at radius 3 is 1.11 bits per heavy atom. The van der Waals surface area contributed by atoms with Crippen LogP contribution in [0.25, 0.3) is 67.5 Å². The minimum absolute atomic E-state index is 0.597. The Morgan fingerprint density at radius 2 is 0.619 bits per heavy atom. The van der Waals surface area contributed by atoms with E-state index in [1.54, 1.807) is 0 Å². The molecule has 63 heavy (non-hydrogen) atoms. The van der Waals surface area contributed by atoms with Crippen molar-refractivity contribution in [2.75, 3.05) is 0 Å². The van der Waals surface area contributed by atoms with E-state index < -0.39 is 5.41 Å². The Kier molecular flexibility index (Phi) is 8.64. The van der Waals surface area contributed by atoms with Gasteiger partial charge in [-0.3, -0.25) is 0 Å². The predicted molar refractivity (Wildman–Crippen MR) is 251 cm³/mol. The van der Waals surface area contributed by atoms with Crippen LogP contribution in [0.4, 0.5) is 0 Å². The molecule has 0 saturated carbocycles. The minimum atomic E-state index is -0.655. The first-order valence-electron chi connectivity index (χ1n) is 21.2. The predicted octanol–water partition coefficient (Wildman–Crippen LogP) is 14.5. The van der Waals surface area contributed by atoms with Crippen LogP contribution < -0.4 is 9.47 Å². The van der Waals surface area contributed by atoms with E-state index in [2.05, 4.69) is 182 Å². The van der Waals surface area contributed by atoms with Crippen molar-refractivity contribution in [3.05, 3.63) is 247 Å². The summed E-state index contributed by atoms with van der Waals surface area (Å²) in [5.41, 5.74) is 13.7. The molecule has 1 aromatic heterocycles. The maximum Gasteiger partial charge on any atom is 0.170 e. The lowest BCUT2D eigenvalue weighted by molar-refractivity contribution is 0.359. The number of para-hydroxylation sites is 2. The lowest BCUT2D eigenvalue weighted by atomic mass is 9.67. The zero-order chi connectivity index (χ0) is 41.7. The van der Waals surface area contributed by atoms with Crippen LogP contribution in [0, 0.1) is 0 Å². The summed E-state index contributed by atoms with van der Waals surface area (Å²) in [5, 5.41) is 0. The summed E-state index contributed by atoms with van der Waals surface area (Å²) in [5.74, 6) is 4.59. The van der Waals surface area contributed by atoms with Crippen LogP contribution in [0.3, 0.4) is 0 Å². The molecule has 10 aromatic rings. The Morgan fingerprint density at radius 1 is 0.270 bits per heavy atom. The smallest absolute Gasteiger partial charge is 0.170 e. The SMILES string of the molecule is c1ccc(-c2ccc(-c3nc(-c4ccc(-c5ccccc5)cc4)nc(-c4ccc(C5(c6ccc7c(c6)Oc6ccccc6O7)c6ccccc6-c6ccccc65)cc4)n3)cc2)cc1. The summed E-state index contributed by atoms with van der Waals surface area (Å²) in [4.78, 5) is 15.4. The topological polar surface area (TPSA) is 57.1 Å². The van der Waals surface area contributed by atoms with Gasteiger partial charge in [0.2, 0.25) is 0 Å². The average Bonchev–Trinajstić information content (AvgIpc) is 3.67. The van der Waals surface area contributed by atoms with E-state index in [0.29, 0.717) is 40.5 Å². The van der Waals surface area contributed by atoms with Gasteiger partial charge in [-0.1, -0.05) is 200 Å². The number of benzene rings is 9. The van der Waals surface area contributed by atoms with Crippen molar-refractivity contribution in [2.24, 2.45) is 0 Å². The zero-order valence-corrected chi connectivity index (χ0v) is 34.0. The van der Waals surface area contributed by atoms with Crippen molar-refractivity contribution in [3.8, 4) is 90.5 Å². The molecule has 0 fully saturated rings. The van der Waals surface area contributed by atoms with Gasteiger partial charge in [0.15, 0.2) is 40.5 Å². The molecular weight excluding hydrogens is 771 g/mol. The molecule has 0 atom stereocenters. The molecule has 1 aliphatic carbocycles. The third kappa shape index (κ3) is 6.21. The molecule has 2 aliphatic rings. The Bertz CT molecular complexity index is 3170. The first kappa shape index (κ1) is 36.4. The second-order valence-electron chi connectivity index (χ2n) is 15.9. The van der Waals surface area contributed by atoms with Gasteiger partial charge < -0.3 is 9.47 Å². The molecule has 5 nitrogen and oxygen atoms in total. The molecule has 0 spiro atoms. The standard InChI is InChI=1S/C58H37N3O2/c1-3-13-38(14-4-1)40-23-27-42(28-24-40)55-59-56(43-29-25-41(26-30-43)39-15-5-2-6-16-39)61-57(60-55)44-31-33-45(34-32-44)58(49-19-9-7-17-47(49)48-18-8-10-20-50(48)58)46-35-36-53-54(37-46)63-52-22-12-11-21-51(52)62-53/h1-37H. The zero-order valence-electron chi connectivity index (χ0n) is 34.0. The highest BCUT2D eigenvalue weighted by atomic mass is 16.6. The maximum absolute atomic E-state index is 6.52. The Balaban J connectivity index is 0.988. The maximum atomic E-state index is 6.52. The van der Waals surface area contributed by atoms with Crippen LogP contribution in [0.2, 0.25) is 0 Å². The monoisotopic (exact) mass is 807 g/mol. The van der Waals surface area contributed by atoms with Gasteiger partial charge in [-0.15, -0.1) is 0 Å². The number of fused-ring (bicyclic) bond motifs is 5. The number of nitrogens with zero attached hydrogens (tertiary/aromatic N) is 3. The Hall–Kier alpha value is -8.41. The molecule has 0 unspecified atom stereocenters. The van der Waals surface area contributed by atoms with Crippen LogP contribution in [0.1, 0.15) is 22.3 Å². The molecule has 296 valence electrons. The summed E-state index contributed by atoms with van der Waals surface area (Å²) >= 11 is 0. The summed E-state index contributed by atoms with van der Waals surface area (Å²) in [7, 11) is 0. The quantitative estimate of drug-likeness (QED) is 0.161. The van der Waals surface area contributed by atoms with Crippen molar-refractivity contribution in [3.63, 3.8) is 0 Å². The fraction of sp³-hybridized carbons (Fsp3) is 0.0172. The Labute approximate surface area is 365 Å². The number of aromatic nitrogens is 3. The van der Waals surface area contributed by atoms with Gasteiger partial charge >= 0.3 is 0 Å².